The zero-order valence-electron chi connectivity index (χ0n) is 11.0. The number of aromatic nitrogens is 3. The van der Waals surface area contributed by atoms with Crippen LogP contribution in [0.1, 0.15) is 23.8 Å². The van der Waals surface area contributed by atoms with Crippen LogP contribution in [-0.4, -0.2) is 15.0 Å². The van der Waals surface area contributed by atoms with Gasteiger partial charge in [-0.15, -0.1) is 11.3 Å². The Bertz CT molecular complexity index is 766. The van der Waals surface area contributed by atoms with Gasteiger partial charge in [0.1, 0.15) is 10.8 Å². The van der Waals surface area contributed by atoms with Crippen molar-refractivity contribution in [3.05, 3.63) is 57.0 Å². The Balaban J connectivity index is 1.80. The summed E-state index contributed by atoms with van der Waals surface area (Å²) < 4.78 is 0. The first-order valence-electron chi connectivity index (χ1n) is 6.35. The number of hydrogen-bond acceptors (Lipinski definition) is 5. The van der Waals surface area contributed by atoms with Gasteiger partial charge in [-0.1, -0.05) is 12.1 Å². The normalized spacial score (nSPS) is 12.7. The molecule has 0 fully saturated rings. The highest BCUT2D eigenvalue weighted by atomic mass is 32.1. The first-order chi connectivity index (χ1) is 9.74. The molecule has 2 N–H and O–H groups in total. The summed E-state index contributed by atoms with van der Waals surface area (Å²) >= 11 is 1.61. The zero-order chi connectivity index (χ0) is 13.9. The predicted molar refractivity (Wildman–Crippen MR) is 79.7 cm³/mol. The summed E-state index contributed by atoms with van der Waals surface area (Å²) in [7, 11) is 0. The van der Waals surface area contributed by atoms with Crippen LogP contribution >= 0.6 is 11.3 Å². The van der Waals surface area contributed by atoms with E-state index in [4.69, 9.17) is 0 Å². The lowest BCUT2D eigenvalue weighted by atomic mass is 10.2. The third kappa shape index (κ3) is 2.61. The van der Waals surface area contributed by atoms with Crippen molar-refractivity contribution in [2.45, 2.75) is 19.5 Å². The van der Waals surface area contributed by atoms with Crippen LogP contribution in [0, 0.1) is 0 Å². The van der Waals surface area contributed by atoms with Gasteiger partial charge in [-0.05, 0) is 19.1 Å². The van der Waals surface area contributed by atoms with E-state index in [2.05, 4.69) is 20.3 Å². The molecule has 1 atom stereocenters. The molecule has 0 aliphatic carbocycles. The molecule has 2 aromatic heterocycles. The number of benzene rings is 1. The van der Waals surface area contributed by atoms with E-state index in [1.54, 1.807) is 23.6 Å². The minimum Gasteiger partial charge on any atom is -0.309 e. The number of para-hydroxylation sites is 1. The van der Waals surface area contributed by atoms with Crippen LogP contribution in [0.2, 0.25) is 0 Å². The summed E-state index contributed by atoms with van der Waals surface area (Å²) in [6, 6.07) is 7.47. The highest BCUT2D eigenvalue weighted by Gasteiger charge is 2.09. The molecule has 0 bridgehead atoms. The van der Waals surface area contributed by atoms with Crippen molar-refractivity contribution in [2.24, 2.45) is 0 Å². The number of fused-ring (bicyclic) bond motifs is 1. The molecule has 6 heteroatoms. The Hall–Kier alpha value is -2.05. The molecule has 5 nitrogen and oxygen atoms in total. The van der Waals surface area contributed by atoms with Gasteiger partial charge in [0.2, 0.25) is 0 Å². The number of aromatic amines is 1. The molecule has 0 aliphatic rings. The number of H-pyrrole nitrogens is 1. The monoisotopic (exact) mass is 286 g/mol. The molecule has 3 rings (SSSR count). The van der Waals surface area contributed by atoms with E-state index < -0.39 is 0 Å². The Labute approximate surface area is 119 Å². The molecule has 1 unspecified atom stereocenters. The maximum Gasteiger partial charge on any atom is 0.258 e. The van der Waals surface area contributed by atoms with Crippen LogP contribution in [0.15, 0.2) is 40.6 Å². The highest BCUT2D eigenvalue weighted by molar-refractivity contribution is 7.09. The summed E-state index contributed by atoms with van der Waals surface area (Å²) in [5, 5.41) is 6.89. The van der Waals surface area contributed by atoms with E-state index in [9.17, 15) is 4.79 Å². The SMILES string of the molecule is CC(NCc1nc2ccccc2c(=O)[nH]1)c1nccs1. The smallest absolute Gasteiger partial charge is 0.258 e. The van der Waals surface area contributed by atoms with Crippen LogP contribution in [0.3, 0.4) is 0 Å². The van der Waals surface area contributed by atoms with Gasteiger partial charge in [-0.3, -0.25) is 4.79 Å². The average molecular weight is 286 g/mol. The molecule has 2 heterocycles. The Kier molecular flexibility index (Phi) is 3.58. The van der Waals surface area contributed by atoms with E-state index in [0.717, 1.165) is 10.5 Å². The molecular formula is C14H14N4OS. The minimum absolute atomic E-state index is 0.102. The van der Waals surface area contributed by atoms with Crippen LogP contribution < -0.4 is 10.9 Å². The van der Waals surface area contributed by atoms with Gasteiger partial charge in [0.05, 0.1) is 23.5 Å². The number of nitrogens with one attached hydrogen (secondary N) is 2. The van der Waals surface area contributed by atoms with Crippen LogP contribution in [0.25, 0.3) is 10.9 Å². The Morgan fingerprint density at radius 3 is 3.05 bits per heavy atom. The molecule has 0 aliphatic heterocycles. The summed E-state index contributed by atoms with van der Waals surface area (Å²) in [5.41, 5.74) is 0.615. The highest BCUT2D eigenvalue weighted by Crippen LogP contribution is 2.15. The Morgan fingerprint density at radius 2 is 2.25 bits per heavy atom. The van der Waals surface area contributed by atoms with Crippen molar-refractivity contribution in [3.63, 3.8) is 0 Å². The molecule has 1 aromatic carbocycles. The van der Waals surface area contributed by atoms with Crippen molar-refractivity contribution in [2.75, 3.05) is 0 Å². The fourth-order valence-corrected chi connectivity index (χ4v) is 2.67. The first kappa shape index (κ1) is 13.0. The standard InChI is InChI=1S/C14H14N4OS/c1-9(14-15-6-7-20-14)16-8-12-17-11-5-3-2-4-10(11)13(19)18-12/h2-7,9,16H,8H2,1H3,(H,17,18,19). The second-order valence-corrected chi connectivity index (χ2v) is 5.43. The molecule has 0 radical (unpaired) electrons. The molecule has 3 aromatic rings. The molecule has 0 amide bonds. The fraction of sp³-hybridized carbons (Fsp3) is 0.214. The van der Waals surface area contributed by atoms with Crippen LogP contribution in [-0.2, 0) is 6.54 Å². The molecule has 20 heavy (non-hydrogen) atoms. The lowest BCUT2D eigenvalue weighted by molar-refractivity contribution is 0.557. The van der Waals surface area contributed by atoms with E-state index in [1.165, 1.54) is 0 Å². The number of thiazole rings is 1. The topological polar surface area (TPSA) is 70.7 Å². The summed E-state index contributed by atoms with van der Waals surface area (Å²) in [5.74, 6) is 0.636. The zero-order valence-corrected chi connectivity index (χ0v) is 11.8. The van der Waals surface area contributed by atoms with Crippen molar-refractivity contribution in [3.8, 4) is 0 Å². The van der Waals surface area contributed by atoms with Gasteiger partial charge >= 0.3 is 0 Å². The summed E-state index contributed by atoms with van der Waals surface area (Å²) in [4.78, 5) is 23.5. The molecule has 0 spiro atoms. The second-order valence-electron chi connectivity index (χ2n) is 4.50. The van der Waals surface area contributed by atoms with Crippen molar-refractivity contribution >= 4 is 22.2 Å². The van der Waals surface area contributed by atoms with Gasteiger partial charge in [0.25, 0.3) is 5.56 Å². The lowest BCUT2D eigenvalue weighted by Crippen LogP contribution is -2.22. The van der Waals surface area contributed by atoms with Gasteiger partial charge in [-0.25, -0.2) is 9.97 Å². The first-order valence-corrected chi connectivity index (χ1v) is 7.23. The molecular weight excluding hydrogens is 272 g/mol. The van der Waals surface area contributed by atoms with Crippen molar-refractivity contribution in [1.29, 1.82) is 0 Å². The maximum absolute atomic E-state index is 11.9. The molecule has 0 saturated carbocycles. The van der Waals surface area contributed by atoms with E-state index >= 15 is 0 Å². The summed E-state index contributed by atoms with van der Waals surface area (Å²) in [6.45, 7) is 2.54. The number of hydrogen-bond donors (Lipinski definition) is 2. The summed E-state index contributed by atoms with van der Waals surface area (Å²) in [6.07, 6.45) is 1.79. The van der Waals surface area contributed by atoms with Crippen LogP contribution in [0.4, 0.5) is 0 Å². The second kappa shape index (κ2) is 5.52. The Morgan fingerprint density at radius 1 is 1.40 bits per heavy atom. The largest absolute Gasteiger partial charge is 0.309 e. The van der Waals surface area contributed by atoms with Crippen molar-refractivity contribution in [1.82, 2.24) is 20.3 Å². The lowest BCUT2D eigenvalue weighted by Gasteiger charge is -2.10. The molecule has 102 valence electrons. The van der Waals surface area contributed by atoms with Gasteiger partial charge in [-0.2, -0.15) is 0 Å². The minimum atomic E-state index is -0.102. The quantitative estimate of drug-likeness (QED) is 0.771. The van der Waals surface area contributed by atoms with E-state index in [1.807, 2.05) is 30.5 Å². The van der Waals surface area contributed by atoms with Gasteiger partial charge < -0.3 is 10.3 Å². The van der Waals surface area contributed by atoms with Gasteiger partial charge in [0, 0.05) is 11.6 Å². The maximum atomic E-state index is 11.9. The van der Waals surface area contributed by atoms with E-state index in [0.29, 0.717) is 17.8 Å². The van der Waals surface area contributed by atoms with E-state index in [-0.39, 0.29) is 11.6 Å². The fourth-order valence-electron chi connectivity index (χ4n) is 2.00. The van der Waals surface area contributed by atoms with Crippen molar-refractivity contribution < 1.29 is 0 Å². The van der Waals surface area contributed by atoms with Crippen LogP contribution in [0.5, 0.6) is 0 Å². The average Bonchev–Trinajstić information content (AvgIpc) is 2.99. The number of nitrogens with zero attached hydrogens (tertiary/aromatic N) is 2. The van der Waals surface area contributed by atoms with Gasteiger partial charge in [0.15, 0.2) is 0 Å². The third-order valence-electron chi connectivity index (χ3n) is 3.06. The molecule has 0 saturated heterocycles. The third-order valence-corrected chi connectivity index (χ3v) is 4.02. The predicted octanol–water partition coefficient (Wildman–Crippen LogP) is 2.23. The number of rotatable bonds is 4.